The van der Waals surface area contributed by atoms with E-state index in [1.165, 1.54) is 22.6 Å². The highest BCUT2D eigenvalue weighted by Gasteiger charge is 2.72. The summed E-state index contributed by atoms with van der Waals surface area (Å²) in [5, 5.41) is 0. The van der Waals surface area contributed by atoms with Crippen LogP contribution >= 0.6 is 38.5 Å². The summed E-state index contributed by atoms with van der Waals surface area (Å²) < 4.78 is 82.6. The average Bonchev–Trinajstić information content (AvgIpc) is 1.79. The van der Waals surface area contributed by atoms with Crippen LogP contribution in [-0.2, 0) is 0 Å². The van der Waals surface area contributed by atoms with Gasteiger partial charge in [0.15, 0.2) is 0 Å². The molecule has 0 aliphatic carbocycles. The maximum atomic E-state index is 12.8. The Morgan fingerprint density at radius 3 is 1.29 bits per heavy atom. The molecular formula is C5H3BrF7I. The van der Waals surface area contributed by atoms with Crippen LogP contribution in [0.4, 0.5) is 30.7 Å². The lowest BCUT2D eigenvalue weighted by Crippen LogP contribution is -2.54. The van der Waals surface area contributed by atoms with Crippen molar-refractivity contribution in [1.82, 2.24) is 0 Å². The van der Waals surface area contributed by atoms with E-state index in [1.807, 2.05) is 0 Å². The summed E-state index contributed by atoms with van der Waals surface area (Å²) in [7, 11) is 0. The van der Waals surface area contributed by atoms with Crippen molar-refractivity contribution >= 4 is 38.5 Å². The summed E-state index contributed by atoms with van der Waals surface area (Å²) in [6.45, 7) is 0. The Morgan fingerprint density at radius 2 is 1.21 bits per heavy atom. The maximum absolute atomic E-state index is 12.8. The van der Waals surface area contributed by atoms with Crippen molar-refractivity contribution in [2.24, 2.45) is 0 Å². The minimum atomic E-state index is -5.96. The van der Waals surface area contributed by atoms with Gasteiger partial charge < -0.3 is 0 Å². The Bertz CT molecular complexity index is 181. The topological polar surface area (TPSA) is 0 Å². The number of alkyl halides is 9. The molecule has 1 atom stereocenters. The van der Waals surface area contributed by atoms with Crippen molar-refractivity contribution in [2.45, 2.75) is 27.3 Å². The molecule has 0 rings (SSSR count). The van der Waals surface area contributed by atoms with Crippen LogP contribution in [0.15, 0.2) is 0 Å². The molecule has 0 saturated heterocycles. The predicted molar refractivity (Wildman–Crippen MR) is 47.3 cm³/mol. The van der Waals surface area contributed by atoms with Gasteiger partial charge in [-0.3, -0.25) is 0 Å². The molecule has 0 heterocycles. The number of hydrogen-bond donors (Lipinski definition) is 0. The summed E-state index contributed by atoms with van der Waals surface area (Å²) in [4.78, 5) is 0. The van der Waals surface area contributed by atoms with E-state index in [1.54, 1.807) is 0 Å². The fraction of sp³-hybridized carbons (Fsp3) is 1.00. The molecule has 0 aliphatic rings. The lowest BCUT2D eigenvalue weighted by molar-refractivity contribution is -0.341. The van der Waals surface area contributed by atoms with Crippen molar-refractivity contribution in [3.05, 3.63) is 0 Å². The first-order valence-corrected chi connectivity index (χ1v) is 5.18. The second-order valence-corrected chi connectivity index (χ2v) is 6.71. The SMILES string of the molecule is FC(F)(F)C(F)(CC(Br)I)C(F)(F)F. The van der Waals surface area contributed by atoms with Crippen molar-refractivity contribution in [3.63, 3.8) is 0 Å². The van der Waals surface area contributed by atoms with E-state index < -0.39 is 27.3 Å². The normalized spacial score (nSPS) is 16.9. The minimum Gasteiger partial charge on any atom is -0.223 e. The molecule has 0 aromatic heterocycles. The minimum absolute atomic E-state index is 1.22. The summed E-state index contributed by atoms with van der Waals surface area (Å²) in [5.41, 5.74) is -5.16. The third-order valence-electron chi connectivity index (χ3n) is 1.33. The van der Waals surface area contributed by atoms with Crippen molar-refractivity contribution in [2.75, 3.05) is 0 Å². The molecule has 1 unspecified atom stereocenters. The molecular weight excluding hydrogens is 400 g/mol. The van der Waals surface area contributed by atoms with Gasteiger partial charge in [-0.25, -0.2) is 4.39 Å². The fourth-order valence-corrected chi connectivity index (χ4v) is 1.66. The van der Waals surface area contributed by atoms with Gasteiger partial charge in [0.05, 0.1) is 2.83 Å². The molecule has 0 aromatic carbocycles. The number of halogens is 9. The van der Waals surface area contributed by atoms with Crippen LogP contribution in [0.2, 0.25) is 0 Å². The maximum Gasteiger partial charge on any atom is 0.431 e. The van der Waals surface area contributed by atoms with Gasteiger partial charge in [0.2, 0.25) is 0 Å². The number of hydrogen-bond acceptors (Lipinski definition) is 0. The molecule has 0 radical (unpaired) electrons. The van der Waals surface area contributed by atoms with Gasteiger partial charge in [-0.1, -0.05) is 38.5 Å². The van der Waals surface area contributed by atoms with Crippen LogP contribution in [0.1, 0.15) is 6.42 Å². The third-order valence-corrected chi connectivity index (χ3v) is 2.10. The van der Waals surface area contributed by atoms with Gasteiger partial charge in [-0.15, -0.1) is 0 Å². The Hall–Kier alpha value is 0.720. The molecule has 14 heavy (non-hydrogen) atoms. The molecule has 0 nitrogen and oxygen atoms in total. The molecule has 86 valence electrons. The predicted octanol–water partition coefficient (Wildman–Crippen LogP) is 4.37. The molecule has 0 aromatic rings. The molecule has 9 heteroatoms. The van der Waals surface area contributed by atoms with Crippen molar-refractivity contribution < 1.29 is 30.7 Å². The van der Waals surface area contributed by atoms with Crippen LogP contribution in [0.25, 0.3) is 0 Å². The van der Waals surface area contributed by atoms with E-state index in [0.29, 0.717) is 0 Å². The van der Waals surface area contributed by atoms with E-state index in [4.69, 9.17) is 0 Å². The van der Waals surface area contributed by atoms with E-state index in [0.717, 1.165) is 0 Å². The van der Waals surface area contributed by atoms with Crippen LogP contribution < -0.4 is 0 Å². The molecule has 0 fully saturated rings. The molecule has 0 saturated carbocycles. The lowest BCUT2D eigenvalue weighted by Gasteiger charge is -2.30. The van der Waals surface area contributed by atoms with E-state index in [9.17, 15) is 30.7 Å². The zero-order chi connectivity index (χ0) is 11.8. The summed E-state index contributed by atoms with van der Waals surface area (Å²) in [6, 6.07) is 0. The largest absolute Gasteiger partial charge is 0.431 e. The smallest absolute Gasteiger partial charge is 0.223 e. The van der Waals surface area contributed by atoms with Gasteiger partial charge >= 0.3 is 18.0 Å². The Morgan fingerprint density at radius 1 is 0.929 bits per heavy atom. The monoisotopic (exact) mass is 402 g/mol. The van der Waals surface area contributed by atoms with E-state index in [2.05, 4.69) is 15.9 Å². The summed E-state index contributed by atoms with van der Waals surface area (Å²) in [6.07, 6.45) is -13.6. The van der Waals surface area contributed by atoms with Gasteiger partial charge in [0.1, 0.15) is 0 Å². The third kappa shape index (κ3) is 3.11. The van der Waals surface area contributed by atoms with Crippen LogP contribution in [0.5, 0.6) is 0 Å². The average molecular weight is 403 g/mol. The Kier molecular flexibility index (Phi) is 4.52. The first-order chi connectivity index (χ1) is 5.92. The zero-order valence-electron chi connectivity index (χ0n) is 6.19. The van der Waals surface area contributed by atoms with Crippen molar-refractivity contribution in [3.8, 4) is 0 Å². The molecule has 0 aliphatic heterocycles. The Balaban J connectivity index is 5.07. The Labute approximate surface area is 96.5 Å². The first kappa shape index (κ1) is 14.7. The van der Waals surface area contributed by atoms with Gasteiger partial charge in [0.25, 0.3) is 0 Å². The quantitative estimate of drug-likeness (QED) is 0.365. The van der Waals surface area contributed by atoms with E-state index >= 15 is 0 Å². The van der Waals surface area contributed by atoms with Crippen LogP contribution in [0.3, 0.4) is 0 Å². The van der Waals surface area contributed by atoms with Gasteiger partial charge in [-0.05, 0) is 0 Å². The first-order valence-electron chi connectivity index (χ1n) is 3.02. The van der Waals surface area contributed by atoms with Crippen molar-refractivity contribution in [1.29, 1.82) is 0 Å². The second-order valence-electron chi connectivity index (χ2n) is 2.39. The summed E-state index contributed by atoms with van der Waals surface area (Å²) >= 11 is 3.67. The molecule has 0 N–H and O–H groups in total. The van der Waals surface area contributed by atoms with E-state index in [-0.39, 0.29) is 0 Å². The highest BCUT2D eigenvalue weighted by molar-refractivity contribution is 14.1. The van der Waals surface area contributed by atoms with Gasteiger partial charge in [0, 0.05) is 6.42 Å². The van der Waals surface area contributed by atoms with Crippen LogP contribution in [-0.4, -0.2) is 20.9 Å². The molecule has 0 amide bonds. The zero-order valence-corrected chi connectivity index (χ0v) is 9.93. The summed E-state index contributed by atoms with van der Waals surface area (Å²) in [5.74, 6) is 0. The second kappa shape index (κ2) is 4.30. The highest BCUT2D eigenvalue weighted by Crippen LogP contribution is 2.50. The molecule has 0 spiro atoms. The lowest BCUT2D eigenvalue weighted by atomic mass is 10.0. The fourth-order valence-electron chi connectivity index (χ4n) is 0.605. The van der Waals surface area contributed by atoms with Crippen LogP contribution in [0, 0.1) is 0 Å². The highest BCUT2D eigenvalue weighted by atomic mass is 127. The standard InChI is InChI=1S/C5H3BrF7I/c6-2(14)1-3(7,4(8,9)10)5(11,12)13/h2H,1H2. The molecule has 0 bridgehead atoms. The number of rotatable bonds is 2. The van der Waals surface area contributed by atoms with Gasteiger partial charge in [-0.2, -0.15) is 26.3 Å².